The van der Waals surface area contributed by atoms with Gasteiger partial charge in [-0.3, -0.25) is 4.79 Å². The Hall–Kier alpha value is -2.43. The molecule has 2 aromatic rings. The summed E-state index contributed by atoms with van der Waals surface area (Å²) in [6.07, 6.45) is 0.176. The van der Waals surface area contributed by atoms with Gasteiger partial charge in [-0.2, -0.15) is 0 Å². The van der Waals surface area contributed by atoms with E-state index < -0.39 is 5.82 Å². The lowest BCUT2D eigenvalue weighted by atomic mass is 10.1. The van der Waals surface area contributed by atoms with Crippen molar-refractivity contribution in [3.8, 4) is 5.75 Å². The minimum Gasteiger partial charge on any atom is -0.494 e. The topological polar surface area (TPSA) is 29.5 Å². The van der Waals surface area contributed by atoms with Crippen LogP contribution in [0, 0.1) is 11.6 Å². The van der Waals surface area contributed by atoms with Gasteiger partial charge in [-0.1, -0.05) is 18.2 Å². The Labute approximate surface area is 128 Å². The minimum atomic E-state index is -0.459. The van der Waals surface area contributed by atoms with E-state index in [-0.39, 0.29) is 23.9 Å². The molecule has 0 fully saturated rings. The maximum Gasteiger partial charge on any atom is 0.227 e. The third-order valence-corrected chi connectivity index (χ3v) is 3.33. The average Bonchev–Trinajstić information content (AvgIpc) is 2.49. The van der Waals surface area contributed by atoms with Crippen LogP contribution in [0.25, 0.3) is 0 Å². The lowest BCUT2D eigenvalue weighted by Gasteiger charge is -2.17. The van der Waals surface area contributed by atoms with E-state index in [2.05, 4.69) is 0 Å². The fourth-order valence-electron chi connectivity index (χ4n) is 2.08. The standard InChI is InChI=1S/C17H17F2NO2/c1-20(11-13-5-8-16(22-2)15(19)9-13)17(21)10-12-3-6-14(18)7-4-12/h3-9H,10-11H2,1-2H3. The zero-order chi connectivity index (χ0) is 16.1. The number of likely N-dealkylation sites (N-methyl/N-ethyl adjacent to an activating group) is 1. The highest BCUT2D eigenvalue weighted by Gasteiger charge is 2.12. The van der Waals surface area contributed by atoms with Crippen molar-refractivity contribution in [3.05, 3.63) is 65.2 Å². The molecule has 0 radical (unpaired) electrons. The van der Waals surface area contributed by atoms with E-state index in [9.17, 15) is 13.6 Å². The third kappa shape index (κ3) is 4.04. The predicted molar refractivity (Wildman–Crippen MR) is 79.5 cm³/mol. The molecule has 2 rings (SSSR count). The van der Waals surface area contributed by atoms with Crippen molar-refractivity contribution < 1.29 is 18.3 Å². The van der Waals surface area contributed by atoms with Crippen molar-refractivity contribution in [2.45, 2.75) is 13.0 Å². The summed E-state index contributed by atoms with van der Waals surface area (Å²) in [6, 6.07) is 10.4. The molecule has 5 heteroatoms. The van der Waals surface area contributed by atoms with Crippen molar-refractivity contribution in [3.63, 3.8) is 0 Å². The largest absolute Gasteiger partial charge is 0.494 e. The van der Waals surface area contributed by atoms with E-state index in [0.717, 1.165) is 5.56 Å². The highest BCUT2D eigenvalue weighted by molar-refractivity contribution is 5.78. The fourth-order valence-corrected chi connectivity index (χ4v) is 2.08. The number of hydrogen-bond acceptors (Lipinski definition) is 2. The van der Waals surface area contributed by atoms with Gasteiger partial charge in [-0.05, 0) is 35.4 Å². The van der Waals surface area contributed by atoms with Crippen LogP contribution in [0.5, 0.6) is 5.75 Å². The zero-order valence-electron chi connectivity index (χ0n) is 12.5. The molecule has 0 spiro atoms. The van der Waals surface area contributed by atoms with Gasteiger partial charge < -0.3 is 9.64 Å². The smallest absolute Gasteiger partial charge is 0.227 e. The number of carbonyl (C=O) groups excluding carboxylic acids is 1. The lowest BCUT2D eigenvalue weighted by molar-refractivity contribution is -0.129. The lowest BCUT2D eigenvalue weighted by Crippen LogP contribution is -2.27. The SMILES string of the molecule is COc1ccc(CN(C)C(=O)Cc2ccc(F)cc2)cc1F. The van der Waals surface area contributed by atoms with Gasteiger partial charge in [-0.25, -0.2) is 8.78 Å². The van der Waals surface area contributed by atoms with Gasteiger partial charge in [0.1, 0.15) is 5.82 Å². The maximum atomic E-state index is 13.6. The molecule has 0 N–H and O–H groups in total. The highest BCUT2D eigenvalue weighted by Crippen LogP contribution is 2.18. The summed E-state index contributed by atoms with van der Waals surface area (Å²) in [4.78, 5) is 13.6. The molecule has 2 aromatic carbocycles. The van der Waals surface area contributed by atoms with Crippen LogP contribution in [-0.4, -0.2) is 25.0 Å². The Morgan fingerprint density at radius 3 is 2.32 bits per heavy atom. The number of hydrogen-bond donors (Lipinski definition) is 0. The van der Waals surface area contributed by atoms with Gasteiger partial charge in [0.15, 0.2) is 11.6 Å². The van der Waals surface area contributed by atoms with Gasteiger partial charge in [0, 0.05) is 13.6 Å². The summed E-state index contributed by atoms with van der Waals surface area (Å²) in [5.74, 6) is -0.746. The minimum absolute atomic E-state index is 0.122. The van der Waals surface area contributed by atoms with Crippen LogP contribution < -0.4 is 4.74 Å². The number of benzene rings is 2. The normalized spacial score (nSPS) is 10.4. The van der Waals surface area contributed by atoms with E-state index in [1.807, 2.05) is 0 Å². The highest BCUT2D eigenvalue weighted by atomic mass is 19.1. The van der Waals surface area contributed by atoms with Crippen molar-refractivity contribution >= 4 is 5.91 Å². The number of carbonyl (C=O) groups is 1. The van der Waals surface area contributed by atoms with Crippen LogP contribution in [0.2, 0.25) is 0 Å². The summed E-state index contributed by atoms with van der Waals surface area (Å²) in [5.41, 5.74) is 1.41. The first-order valence-electron chi connectivity index (χ1n) is 6.80. The summed E-state index contributed by atoms with van der Waals surface area (Å²) in [5, 5.41) is 0. The molecule has 116 valence electrons. The fraction of sp³-hybridized carbons (Fsp3) is 0.235. The first-order chi connectivity index (χ1) is 10.5. The monoisotopic (exact) mass is 305 g/mol. The number of amides is 1. The molecule has 0 aliphatic rings. The van der Waals surface area contributed by atoms with Crippen LogP contribution in [0.15, 0.2) is 42.5 Å². The molecule has 0 atom stereocenters. The second-order valence-electron chi connectivity index (χ2n) is 5.02. The van der Waals surface area contributed by atoms with E-state index in [4.69, 9.17) is 4.74 Å². The molecule has 0 aromatic heterocycles. The third-order valence-electron chi connectivity index (χ3n) is 3.33. The van der Waals surface area contributed by atoms with E-state index >= 15 is 0 Å². The number of halogens is 2. The van der Waals surface area contributed by atoms with E-state index in [1.54, 1.807) is 25.2 Å². The number of nitrogens with zero attached hydrogens (tertiary/aromatic N) is 1. The van der Waals surface area contributed by atoms with Gasteiger partial charge in [0.25, 0.3) is 0 Å². The summed E-state index contributed by atoms with van der Waals surface area (Å²) < 4.78 is 31.3. The van der Waals surface area contributed by atoms with Gasteiger partial charge in [0.2, 0.25) is 5.91 Å². The first kappa shape index (κ1) is 15.9. The molecule has 3 nitrogen and oxygen atoms in total. The second kappa shape index (κ2) is 7.02. The molecular weight excluding hydrogens is 288 g/mol. The van der Waals surface area contributed by atoms with Crippen molar-refractivity contribution in [2.24, 2.45) is 0 Å². The van der Waals surface area contributed by atoms with Crippen LogP contribution in [0.1, 0.15) is 11.1 Å². The van der Waals surface area contributed by atoms with Gasteiger partial charge in [-0.15, -0.1) is 0 Å². The molecule has 22 heavy (non-hydrogen) atoms. The molecular formula is C17H17F2NO2. The summed E-state index contributed by atoms with van der Waals surface area (Å²) in [6.45, 7) is 0.293. The molecule has 0 aliphatic heterocycles. The second-order valence-corrected chi connectivity index (χ2v) is 5.02. The van der Waals surface area contributed by atoms with Crippen LogP contribution in [0.4, 0.5) is 8.78 Å². The number of methoxy groups -OCH3 is 1. The molecule has 0 saturated heterocycles. The van der Waals surface area contributed by atoms with Crippen molar-refractivity contribution in [2.75, 3.05) is 14.2 Å². The van der Waals surface area contributed by atoms with Gasteiger partial charge in [0.05, 0.1) is 13.5 Å². The van der Waals surface area contributed by atoms with Crippen LogP contribution in [-0.2, 0) is 17.8 Å². The molecule has 0 heterocycles. The Morgan fingerprint density at radius 1 is 1.09 bits per heavy atom. The Bertz CT molecular complexity index is 656. The quantitative estimate of drug-likeness (QED) is 0.849. The number of rotatable bonds is 5. The Morgan fingerprint density at radius 2 is 1.73 bits per heavy atom. The molecule has 0 bridgehead atoms. The Kier molecular flexibility index (Phi) is 5.09. The Balaban J connectivity index is 1.99. The predicted octanol–water partition coefficient (Wildman–Crippen LogP) is 3.17. The molecule has 0 aliphatic carbocycles. The van der Waals surface area contributed by atoms with Crippen molar-refractivity contribution in [1.29, 1.82) is 0 Å². The molecule has 0 saturated carbocycles. The summed E-state index contributed by atoms with van der Waals surface area (Å²) in [7, 11) is 3.05. The van der Waals surface area contributed by atoms with Crippen LogP contribution >= 0.6 is 0 Å². The number of ether oxygens (including phenoxy) is 1. The summed E-state index contributed by atoms with van der Waals surface area (Å²) >= 11 is 0. The van der Waals surface area contributed by atoms with Crippen molar-refractivity contribution in [1.82, 2.24) is 4.90 Å². The van der Waals surface area contributed by atoms with E-state index in [0.29, 0.717) is 12.1 Å². The van der Waals surface area contributed by atoms with E-state index in [1.165, 1.54) is 36.3 Å². The maximum absolute atomic E-state index is 13.6. The van der Waals surface area contributed by atoms with Crippen LogP contribution in [0.3, 0.4) is 0 Å². The first-order valence-corrected chi connectivity index (χ1v) is 6.80. The zero-order valence-corrected chi connectivity index (χ0v) is 12.5. The molecule has 0 unspecified atom stereocenters. The van der Waals surface area contributed by atoms with Gasteiger partial charge >= 0.3 is 0 Å². The average molecular weight is 305 g/mol. The molecule has 1 amide bonds.